The highest BCUT2D eigenvalue weighted by Crippen LogP contribution is 2.61. The molecule has 94 valence electrons. The molecule has 17 heavy (non-hydrogen) atoms. The number of fused-ring (bicyclic) bond motifs is 1. The van der Waals surface area contributed by atoms with Crippen molar-refractivity contribution in [1.29, 1.82) is 0 Å². The van der Waals surface area contributed by atoms with Crippen LogP contribution in [0.1, 0.15) is 46.0 Å². The monoisotopic (exact) mass is 238 g/mol. The molecule has 4 unspecified atom stereocenters. The second-order valence-corrected chi connectivity index (χ2v) is 6.73. The van der Waals surface area contributed by atoms with Gasteiger partial charge in [-0.2, -0.15) is 0 Å². The molecule has 4 fully saturated rings. The Bertz CT molecular complexity index is 393. The fourth-order valence-electron chi connectivity index (χ4n) is 4.70. The molecular weight excluding hydrogens is 220 g/mol. The SMILES string of the molecule is CC12CC3CC(OC=O)(C1)CC(C)(C2)C(=O)O3. The van der Waals surface area contributed by atoms with E-state index in [0.29, 0.717) is 19.3 Å². The Balaban J connectivity index is 2.07. The first-order valence-corrected chi connectivity index (χ1v) is 6.21. The van der Waals surface area contributed by atoms with Crippen LogP contribution in [0.3, 0.4) is 0 Å². The highest BCUT2D eigenvalue weighted by molar-refractivity contribution is 5.78. The molecule has 4 bridgehead atoms. The molecule has 2 saturated carbocycles. The summed E-state index contributed by atoms with van der Waals surface area (Å²) >= 11 is 0. The number of hydrogen-bond donors (Lipinski definition) is 0. The van der Waals surface area contributed by atoms with Crippen molar-refractivity contribution >= 4 is 12.4 Å². The molecule has 2 aliphatic heterocycles. The summed E-state index contributed by atoms with van der Waals surface area (Å²) in [6.45, 7) is 4.66. The van der Waals surface area contributed by atoms with Crippen molar-refractivity contribution in [2.24, 2.45) is 10.8 Å². The highest BCUT2D eigenvalue weighted by atomic mass is 16.6. The Hall–Kier alpha value is -1.06. The lowest BCUT2D eigenvalue weighted by Gasteiger charge is -2.53. The molecule has 0 spiro atoms. The van der Waals surface area contributed by atoms with E-state index in [2.05, 4.69) is 6.92 Å². The maximum absolute atomic E-state index is 12.1. The lowest BCUT2D eigenvalue weighted by atomic mass is 9.53. The molecule has 0 aromatic heterocycles. The van der Waals surface area contributed by atoms with Crippen LogP contribution in [0.15, 0.2) is 0 Å². The molecule has 0 amide bonds. The molecule has 4 nitrogen and oxygen atoms in total. The third kappa shape index (κ3) is 1.49. The van der Waals surface area contributed by atoms with Crippen molar-refractivity contribution in [2.45, 2.75) is 57.7 Å². The maximum atomic E-state index is 12.1. The van der Waals surface area contributed by atoms with Gasteiger partial charge in [-0.05, 0) is 31.6 Å². The quantitative estimate of drug-likeness (QED) is 0.544. The van der Waals surface area contributed by atoms with Crippen LogP contribution in [-0.2, 0) is 19.1 Å². The Morgan fingerprint density at radius 3 is 2.76 bits per heavy atom. The zero-order valence-corrected chi connectivity index (χ0v) is 10.3. The van der Waals surface area contributed by atoms with E-state index in [4.69, 9.17) is 9.47 Å². The van der Waals surface area contributed by atoms with Gasteiger partial charge in [0.2, 0.25) is 0 Å². The van der Waals surface area contributed by atoms with Gasteiger partial charge in [-0.3, -0.25) is 9.59 Å². The second kappa shape index (κ2) is 3.03. The zero-order chi connectivity index (χ0) is 12.3. The summed E-state index contributed by atoms with van der Waals surface area (Å²) in [7, 11) is 0. The number of carbonyl (C=O) groups excluding carboxylic acids is 2. The second-order valence-electron chi connectivity index (χ2n) is 6.73. The van der Waals surface area contributed by atoms with Crippen molar-refractivity contribution in [2.75, 3.05) is 0 Å². The summed E-state index contributed by atoms with van der Waals surface area (Å²) < 4.78 is 10.9. The van der Waals surface area contributed by atoms with E-state index in [9.17, 15) is 9.59 Å². The lowest BCUT2D eigenvalue weighted by molar-refractivity contribution is -0.171. The highest BCUT2D eigenvalue weighted by Gasteiger charge is 2.63. The first kappa shape index (κ1) is 11.1. The Morgan fingerprint density at radius 1 is 1.29 bits per heavy atom. The van der Waals surface area contributed by atoms with E-state index in [1.54, 1.807) is 0 Å². The normalized spacial score (nSPS) is 51.9. The minimum absolute atomic E-state index is 0.0606. The number of ether oxygens (including phenoxy) is 2. The summed E-state index contributed by atoms with van der Waals surface area (Å²) in [6.07, 6.45) is 3.82. The Morgan fingerprint density at radius 2 is 2.06 bits per heavy atom. The van der Waals surface area contributed by atoms with E-state index in [-0.39, 0.29) is 17.5 Å². The molecule has 4 atom stereocenters. The maximum Gasteiger partial charge on any atom is 0.312 e. The van der Waals surface area contributed by atoms with Crippen molar-refractivity contribution < 1.29 is 19.1 Å². The van der Waals surface area contributed by atoms with Crippen LogP contribution in [0, 0.1) is 10.8 Å². The van der Waals surface area contributed by atoms with Gasteiger partial charge in [-0.15, -0.1) is 0 Å². The lowest BCUT2D eigenvalue weighted by Crippen LogP contribution is -2.53. The van der Waals surface area contributed by atoms with E-state index in [0.717, 1.165) is 19.3 Å². The fourth-order valence-corrected chi connectivity index (χ4v) is 4.70. The predicted molar refractivity (Wildman–Crippen MR) is 59.1 cm³/mol. The van der Waals surface area contributed by atoms with Crippen LogP contribution in [0.4, 0.5) is 0 Å². The standard InChI is InChI=1S/C13H18O4/c1-11-3-9-4-13(6-11,16-8-14)7-12(2,5-11)10(15)17-9/h8-9H,3-7H2,1-2H3. The molecule has 4 rings (SSSR count). The molecule has 0 aromatic rings. The van der Waals surface area contributed by atoms with Gasteiger partial charge in [0.15, 0.2) is 0 Å². The fraction of sp³-hybridized carbons (Fsp3) is 0.846. The van der Waals surface area contributed by atoms with Crippen molar-refractivity contribution in [3.8, 4) is 0 Å². The number of carbonyl (C=O) groups is 2. The molecule has 2 saturated heterocycles. The minimum Gasteiger partial charge on any atom is -0.462 e. The molecule has 0 aromatic carbocycles. The third-order valence-corrected chi connectivity index (χ3v) is 4.66. The van der Waals surface area contributed by atoms with Gasteiger partial charge in [-0.25, -0.2) is 0 Å². The van der Waals surface area contributed by atoms with E-state index in [1.807, 2.05) is 6.92 Å². The van der Waals surface area contributed by atoms with Gasteiger partial charge >= 0.3 is 5.97 Å². The molecule has 2 heterocycles. The molecule has 4 heteroatoms. The number of esters is 1. The third-order valence-electron chi connectivity index (χ3n) is 4.66. The minimum atomic E-state index is -0.485. The van der Waals surface area contributed by atoms with E-state index >= 15 is 0 Å². The van der Waals surface area contributed by atoms with Gasteiger partial charge in [0.25, 0.3) is 6.47 Å². The van der Waals surface area contributed by atoms with Crippen molar-refractivity contribution in [3.05, 3.63) is 0 Å². The van der Waals surface area contributed by atoms with E-state index < -0.39 is 11.0 Å². The summed E-state index contributed by atoms with van der Waals surface area (Å²) in [5.74, 6) is -0.109. The smallest absolute Gasteiger partial charge is 0.312 e. The van der Waals surface area contributed by atoms with Gasteiger partial charge in [0, 0.05) is 12.8 Å². The zero-order valence-electron chi connectivity index (χ0n) is 10.3. The van der Waals surface area contributed by atoms with Gasteiger partial charge in [0.05, 0.1) is 5.41 Å². The van der Waals surface area contributed by atoms with Crippen LogP contribution < -0.4 is 0 Å². The summed E-state index contributed by atoms with van der Waals surface area (Å²) in [4.78, 5) is 22.9. The molecule has 4 aliphatic rings. The molecule has 0 radical (unpaired) electrons. The van der Waals surface area contributed by atoms with Crippen LogP contribution in [0.2, 0.25) is 0 Å². The first-order chi connectivity index (χ1) is 7.89. The first-order valence-electron chi connectivity index (χ1n) is 6.21. The Kier molecular flexibility index (Phi) is 1.97. The van der Waals surface area contributed by atoms with Gasteiger partial charge in [0.1, 0.15) is 11.7 Å². The van der Waals surface area contributed by atoms with Crippen LogP contribution in [-0.4, -0.2) is 24.1 Å². The van der Waals surface area contributed by atoms with Crippen molar-refractivity contribution in [3.63, 3.8) is 0 Å². The summed E-state index contributed by atoms with van der Waals surface area (Å²) in [5.41, 5.74) is -0.898. The van der Waals surface area contributed by atoms with Crippen LogP contribution in [0.5, 0.6) is 0 Å². The van der Waals surface area contributed by atoms with Gasteiger partial charge < -0.3 is 9.47 Å². The van der Waals surface area contributed by atoms with Gasteiger partial charge in [-0.1, -0.05) is 6.92 Å². The van der Waals surface area contributed by atoms with Crippen molar-refractivity contribution in [1.82, 2.24) is 0 Å². The average Bonchev–Trinajstić information content (AvgIpc) is 2.23. The summed E-state index contributed by atoms with van der Waals surface area (Å²) in [5, 5.41) is 0. The average molecular weight is 238 g/mol. The number of hydrogen-bond acceptors (Lipinski definition) is 4. The number of rotatable bonds is 2. The van der Waals surface area contributed by atoms with E-state index in [1.165, 1.54) is 0 Å². The molecular formula is C13H18O4. The largest absolute Gasteiger partial charge is 0.462 e. The Labute approximate surface area is 101 Å². The predicted octanol–water partition coefficient (Wildman–Crippen LogP) is 1.81. The molecule has 2 aliphatic carbocycles. The van der Waals surface area contributed by atoms with Crippen LogP contribution in [0.25, 0.3) is 0 Å². The topological polar surface area (TPSA) is 52.6 Å². The molecule has 0 N–H and O–H groups in total. The summed E-state index contributed by atoms with van der Waals surface area (Å²) in [6, 6.07) is 0. The van der Waals surface area contributed by atoms with Crippen LogP contribution >= 0.6 is 0 Å².